The Bertz CT molecular complexity index is 270. The van der Waals surface area contributed by atoms with Crippen molar-refractivity contribution in [3.63, 3.8) is 0 Å². The molecule has 0 unspecified atom stereocenters. The van der Waals surface area contributed by atoms with Crippen molar-refractivity contribution in [2.75, 3.05) is 0 Å². The summed E-state index contributed by atoms with van der Waals surface area (Å²) in [6, 6.07) is 2.94. The largest absolute Gasteiger partial charge is 0.0809 e. The normalized spacial score (nSPS) is 24.6. The summed E-state index contributed by atoms with van der Waals surface area (Å²) in [6.07, 6.45) is 12.3. The summed E-state index contributed by atoms with van der Waals surface area (Å²) in [7, 11) is -1.76. The fourth-order valence-corrected chi connectivity index (χ4v) is 4.92. The molecule has 0 bridgehead atoms. The van der Waals surface area contributed by atoms with Gasteiger partial charge >= 0.3 is 0 Å². The van der Waals surface area contributed by atoms with E-state index in [-0.39, 0.29) is 0 Å². The molecule has 2 heteroatoms. The van der Waals surface area contributed by atoms with Gasteiger partial charge in [-0.05, 0) is 24.7 Å². The molecule has 0 N–H and O–H groups in total. The van der Waals surface area contributed by atoms with E-state index in [1.54, 1.807) is 0 Å². The monoisotopic (exact) mass is 280 g/mol. The van der Waals surface area contributed by atoms with Gasteiger partial charge in [0.15, 0.2) is 0 Å². The van der Waals surface area contributed by atoms with E-state index in [1.165, 1.54) is 24.9 Å². The van der Waals surface area contributed by atoms with E-state index in [0.717, 1.165) is 11.8 Å². The highest BCUT2D eigenvalue weighted by molar-refractivity contribution is 6.76. The van der Waals surface area contributed by atoms with E-state index in [4.69, 9.17) is 0 Å². The maximum Gasteiger partial charge on any atom is 0.0442 e. The molecule has 0 aliphatic heterocycles. The fourth-order valence-electron chi connectivity index (χ4n) is 2.52. The first kappa shape index (κ1) is 16.0. The lowest BCUT2D eigenvalue weighted by atomic mass is 9.85. The SMILES string of the molecule is C[Si](C)(C)CC[C@H]1C=CC=C[C@H]1CC[Si](C)(C)C. The highest BCUT2D eigenvalue weighted by atomic mass is 28.3. The summed E-state index contributed by atoms with van der Waals surface area (Å²) in [6.45, 7) is 15.0. The Balaban J connectivity index is 2.49. The van der Waals surface area contributed by atoms with Gasteiger partial charge < -0.3 is 0 Å². The molecule has 0 saturated carbocycles. The van der Waals surface area contributed by atoms with E-state index in [2.05, 4.69) is 63.6 Å². The standard InChI is InChI=1S/C16H32Si2/c1-17(2,3)13-11-15-9-7-8-10-16(15)12-14-18(4,5)6/h7-10,15-16H,11-14H2,1-6H3/t15-,16+. The van der Waals surface area contributed by atoms with Crippen LogP contribution in [-0.4, -0.2) is 16.1 Å². The smallest absolute Gasteiger partial charge is 0.0442 e. The summed E-state index contributed by atoms with van der Waals surface area (Å²) < 4.78 is 0. The van der Waals surface area contributed by atoms with E-state index in [9.17, 15) is 0 Å². The molecule has 1 aliphatic carbocycles. The first-order chi connectivity index (χ1) is 8.17. The third-order valence-electron chi connectivity index (χ3n) is 3.83. The minimum Gasteiger partial charge on any atom is -0.0809 e. The molecule has 0 spiro atoms. The topological polar surface area (TPSA) is 0 Å². The van der Waals surface area contributed by atoms with E-state index >= 15 is 0 Å². The van der Waals surface area contributed by atoms with E-state index in [1.807, 2.05) is 0 Å². The van der Waals surface area contributed by atoms with Gasteiger partial charge in [-0.3, -0.25) is 0 Å². The molecule has 104 valence electrons. The molecule has 0 aromatic carbocycles. The average molecular weight is 281 g/mol. The minimum absolute atomic E-state index is 0.818. The van der Waals surface area contributed by atoms with Crippen LogP contribution < -0.4 is 0 Å². The minimum atomic E-state index is -0.880. The van der Waals surface area contributed by atoms with Crippen LogP contribution in [0.3, 0.4) is 0 Å². The van der Waals surface area contributed by atoms with Crippen molar-refractivity contribution >= 4 is 16.1 Å². The van der Waals surface area contributed by atoms with Crippen LogP contribution in [-0.2, 0) is 0 Å². The van der Waals surface area contributed by atoms with Crippen LogP contribution in [0.1, 0.15) is 12.8 Å². The Hall–Kier alpha value is -0.0862. The van der Waals surface area contributed by atoms with Gasteiger partial charge in [0.25, 0.3) is 0 Å². The van der Waals surface area contributed by atoms with Gasteiger partial charge in [-0.2, -0.15) is 0 Å². The van der Waals surface area contributed by atoms with Crippen LogP contribution >= 0.6 is 0 Å². The summed E-state index contributed by atoms with van der Waals surface area (Å²) in [5.74, 6) is 1.64. The molecule has 0 fully saturated rings. The third kappa shape index (κ3) is 6.74. The van der Waals surface area contributed by atoms with Crippen LogP contribution in [0.25, 0.3) is 0 Å². The number of allylic oxidation sites excluding steroid dienone is 4. The first-order valence-corrected chi connectivity index (χ1v) is 14.9. The average Bonchev–Trinajstić information content (AvgIpc) is 2.22. The van der Waals surface area contributed by atoms with Gasteiger partial charge in [-0.15, -0.1) is 0 Å². The van der Waals surface area contributed by atoms with Crippen LogP contribution in [0.5, 0.6) is 0 Å². The van der Waals surface area contributed by atoms with Gasteiger partial charge in [-0.1, -0.05) is 75.7 Å². The van der Waals surface area contributed by atoms with Crippen molar-refractivity contribution < 1.29 is 0 Å². The third-order valence-corrected chi connectivity index (χ3v) is 7.41. The molecule has 0 saturated heterocycles. The molecule has 18 heavy (non-hydrogen) atoms. The van der Waals surface area contributed by atoms with Gasteiger partial charge in [0.1, 0.15) is 0 Å². The molecule has 1 rings (SSSR count). The lowest BCUT2D eigenvalue weighted by Crippen LogP contribution is -2.25. The van der Waals surface area contributed by atoms with Gasteiger partial charge in [0.05, 0.1) is 0 Å². The lowest BCUT2D eigenvalue weighted by molar-refractivity contribution is 0.441. The van der Waals surface area contributed by atoms with Crippen molar-refractivity contribution in [3.05, 3.63) is 24.3 Å². The quantitative estimate of drug-likeness (QED) is 0.539. The molecule has 0 aromatic rings. The van der Waals surface area contributed by atoms with E-state index < -0.39 is 16.1 Å². The second kappa shape index (κ2) is 6.38. The Kier molecular flexibility index (Phi) is 5.66. The zero-order valence-corrected chi connectivity index (χ0v) is 15.3. The molecule has 0 heterocycles. The molecule has 2 atom stereocenters. The Labute approximate surface area is 117 Å². The number of hydrogen-bond donors (Lipinski definition) is 0. The number of rotatable bonds is 6. The van der Waals surface area contributed by atoms with Gasteiger partial charge in [0.2, 0.25) is 0 Å². The van der Waals surface area contributed by atoms with Gasteiger partial charge in [0, 0.05) is 16.1 Å². The highest BCUT2D eigenvalue weighted by Gasteiger charge is 2.24. The summed E-state index contributed by atoms with van der Waals surface area (Å²) >= 11 is 0. The van der Waals surface area contributed by atoms with Crippen molar-refractivity contribution in [1.82, 2.24) is 0 Å². The molecule has 0 aromatic heterocycles. The Morgan fingerprint density at radius 1 is 0.667 bits per heavy atom. The van der Waals surface area contributed by atoms with E-state index in [0.29, 0.717) is 0 Å². The van der Waals surface area contributed by atoms with Gasteiger partial charge in [-0.25, -0.2) is 0 Å². The lowest BCUT2D eigenvalue weighted by Gasteiger charge is -2.28. The predicted octanol–water partition coefficient (Wildman–Crippen LogP) is 5.80. The van der Waals surface area contributed by atoms with Crippen molar-refractivity contribution in [2.24, 2.45) is 11.8 Å². The maximum atomic E-state index is 2.49. The summed E-state index contributed by atoms with van der Waals surface area (Å²) in [5.41, 5.74) is 0. The molecule has 0 nitrogen and oxygen atoms in total. The first-order valence-electron chi connectivity index (χ1n) is 7.52. The summed E-state index contributed by atoms with van der Waals surface area (Å²) in [4.78, 5) is 0. The second-order valence-electron chi connectivity index (χ2n) is 8.30. The molecular weight excluding hydrogens is 248 g/mol. The van der Waals surface area contributed by atoms with Crippen molar-refractivity contribution in [2.45, 2.75) is 64.2 Å². The van der Waals surface area contributed by atoms with Crippen LogP contribution in [0.2, 0.25) is 51.4 Å². The van der Waals surface area contributed by atoms with Crippen LogP contribution in [0.15, 0.2) is 24.3 Å². The maximum absolute atomic E-state index is 2.49. The van der Waals surface area contributed by atoms with Crippen molar-refractivity contribution in [1.29, 1.82) is 0 Å². The predicted molar refractivity (Wildman–Crippen MR) is 90.8 cm³/mol. The molecule has 0 radical (unpaired) electrons. The fraction of sp³-hybridized carbons (Fsp3) is 0.750. The molecule has 1 aliphatic rings. The summed E-state index contributed by atoms with van der Waals surface area (Å²) in [5, 5.41) is 0. The Morgan fingerprint density at radius 2 is 1.00 bits per heavy atom. The van der Waals surface area contributed by atoms with Crippen LogP contribution in [0.4, 0.5) is 0 Å². The zero-order chi connectivity index (χ0) is 13.8. The molecule has 0 amide bonds. The van der Waals surface area contributed by atoms with Crippen LogP contribution in [0, 0.1) is 11.8 Å². The highest BCUT2D eigenvalue weighted by Crippen LogP contribution is 2.32. The number of hydrogen-bond acceptors (Lipinski definition) is 0. The second-order valence-corrected chi connectivity index (χ2v) is 19.5. The molecular formula is C16H32Si2. The Morgan fingerprint density at radius 3 is 1.28 bits per heavy atom. The zero-order valence-electron chi connectivity index (χ0n) is 13.3. The van der Waals surface area contributed by atoms with Crippen molar-refractivity contribution in [3.8, 4) is 0 Å².